The molecule has 0 unspecified atom stereocenters. The fourth-order valence-corrected chi connectivity index (χ4v) is 1.74. The summed E-state index contributed by atoms with van der Waals surface area (Å²) in [7, 11) is 1.56. The van der Waals surface area contributed by atoms with E-state index in [0.717, 1.165) is 5.69 Å². The maximum Gasteiger partial charge on any atom is 0.230 e. The Labute approximate surface area is 128 Å². The number of nitrogens with zero attached hydrogens (tertiary/aromatic N) is 2. The van der Waals surface area contributed by atoms with E-state index in [1.807, 2.05) is 25.1 Å². The monoisotopic (exact) mass is 305 g/mol. The quantitative estimate of drug-likeness (QED) is 0.822. The van der Waals surface area contributed by atoms with Gasteiger partial charge in [0.15, 0.2) is 0 Å². The first-order valence-corrected chi connectivity index (χ1v) is 6.78. The second-order valence-corrected chi connectivity index (χ2v) is 4.48. The molecule has 1 aromatic carbocycles. The minimum Gasteiger partial charge on any atom is -0.488 e. The molecule has 0 atom stereocenters. The van der Waals surface area contributed by atoms with E-state index >= 15 is 0 Å². The predicted molar refractivity (Wildman–Crippen MR) is 83.6 cm³/mol. The van der Waals surface area contributed by atoms with Gasteiger partial charge in [-0.3, -0.25) is 0 Å². The summed E-state index contributed by atoms with van der Waals surface area (Å²) >= 11 is 6.10. The minimum atomic E-state index is 0.441. The van der Waals surface area contributed by atoms with Gasteiger partial charge in [0.25, 0.3) is 0 Å². The summed E-state index contributed by atoms with van der Waals surface area (Å²) in [5.74, 6) is 1.53. The molecule has 5 nitrogen and oxygen atoms in total. The van der Waals surface area contributed by atoms with Crippen LogP contribution < -0.4 is 14.8 Å². The molecule has 0 radical (unpaired) electrons. The van der Waals surface area contributed by atoms with E-state index in [1.165, 1.54) is 0 Å². The summed E-state index contributed by atoms with van der Waals surface area (Å²) in [5.41, 5.74) is 0.781. The molecule has 110 valence electrons. The lowest BCUT2D eigenvalue weighted by Crippen LogP contribution is -1.99. The van der Waals surface area contributed by atoms with Crippen LogP contribution in [0.1, 0.15) is 6.92 Å². The van der Waals surface area contributed by atoms with Crippen molar-refractivity contribution >= 4 is 23.2 Å². The van der Waals surface area contributed by atoms with Crippen LogP contribution in [0.5, 0.6) is 11.6 Å². The average Bonchev–Trinajstić information content (AvgIpc) is 2.51. The van der Waals surface area contributed by atoms with Gasteiger partial charge in [-0.05, 0) is 19.1 Å². The summed E-state index contributed by atoms with van der Waals surface area (Å²) in [6, 6.07) is 7.07. The summed E-state index contributed by atoms with van der Waals surface area (Å²) in [6.07, 6.45) is 5.44. The zero-order chi connectivity index (χ0) is 15.1. The van der Waals surface area contributed by atoms with Crippen LogP contribution in [0.3, 0.4) is 0 Å². The number of benzene rings is 1. The Kier molecular flexibility index (Phi) is 5.40. The number of anilines is 2. The summed E-state index contributed by atoms with van der Waals surface area (Å²) in [5, 5.41) is 3.63. The Balaban J connectivity index is 2.14. The summed E-state index contributed by atoms with van der Waals surface area (Å²) in [4.78, 5) is 8.31. The van der Waals surface area contributed by atoms with Gasteiger partial charge in [-0.2, -0.15) is 4.98 Å². The highest BCUT2D eigenvalue weighted by Gasteiger charge is 2.05. The standard InChI is InChI=1S/C15H16ClN3O2/c1-3-4-9-21-13-10-11(5-6-12(13)16)18-15-17-8-7-14(19-15)20-2/h3-8,10H,9H2,1-2H3,(H,17,18,19)/b4-3+. The molecule has 1 heterocycles. The maximum absolute atomic E-state index is 6.10. The SMILES string of the molecule is C/C=C/COc1cc(Nc2nccc(OC)n2)ccc1Cl. The number of hydrogen-bond donors (Lipinski definition) is 1. The lowest BCUT2D eigenvalue weighted by Gasteiger charge is -2.10. The van der Waals surface area contributed by atoms with Gasteiger partial charge in [-0.25, -0.2) is 4.98 Å². The molecule has 0 spiro atoms. The highest BCUT2D eigenvalue weighted by Crippen LogP contribution is 2.29. The van der Waals surface area contributed by atoms with Crippen molar-refractivity contribution in [1.82, 2.24) is 9.97 Å². The van der Waals surface area contributed by atoms with Crippen molar-refractivity contribution in [1.29, 1.82) is 0 Å². The van der Waals surface area contributed by atoms with Crippen LogP contribution in [-0.4, -0.2) is 23.7 Å². The van der Waals surface area contributed by atoms with E-state index in [0.29, 0.717) is 29.2 Å². The number of allylic oxidation sites excluding steroid dienone is 1. The number of aromatic nitrogens is 2. The first-order chi connectivity index (χ1) is 10.2. The highest BCUT2D eigenvalue weighted by molar-refractivity contribution is 6.32. The van der Waals surface area contributed by atoms with Gasteiger partial charge in [0.05, 0.1) is 12.1 Å². The molecule has 0 saturated heterocycles. The zero-order valence-corrected chi connectivity index (χ0v) is 12.6. The molecule has 0 aliphatic heterocycles. The van der Waals surface area contributed by atoms with Crippen LogP contribution in [0.2, 0.25) is 5.02 Å². The lowest BCUT2D eigenvalue weighted by atomic mass is 10.3. The van der Waals surface area contributed by atoms with E-state index in [-0.39, 0.29) is 0 Å². The van der Waals surface area contributed by atoms with E-state index in [2.05, 4.69) is 15.3 Å². The smallest absolute Gasteiger partial charge is 0.230 e. The Bertz CT molecular complexity index is 632. The molecular formula is C15H16ClN3O2. The normalized spacial score (nSPS) is 10.6. The molecule has 0 bridgehead atoms. The van der Waals surface area contributed by atoms with E-state index in [1.54, 1.807) is 31.5 Å². The molecule has 0 saturated carbocycles. The maximum atomic E-state index is 6.10. The minimum absolute atomic E-state index is 0.441. The Hall–Kier alpha value is -2.27. The fraction of sp³-hybridized carbons (Fsp3) is 0.200. The number of methoxy groups -OCH3 is 1. The van der Waals surface area contributed by atoms with Crippen molar-refractivity contribution < 1.29 is 9.47 Å². The number of nitrogens with one attached hydrogen (secondary N) is 1. The Morgan fingerprint density at radius 3 is 2.95 bits per heavy atom. The predicted octanol–water partition coefficient (Wildman–Crippen LogP) is 3.84. The van der Waals surface area contributed by atoms with E-state index < -0.39 is 0 Å². The second-order valence-electron chi connectivity index (χ2n) is 4.07. The van der Waals surface area contributed by atoms with Crippen LogP contribution in [-0.2, 0) is 0 Å². The summed E-state index contributed by atoms with van der Waals surface area (Å²) in [6.45, 7) is 2.40. The molecule has 0 amide bonds. The number of halogens is 1. The van der Waals surface area contributed by atoms with E-state index in [9.17, 15) is 0 Å². The fourth-order valence-electron chi connectivity index (χ4n) is 1.57. The van der Waals surface area contributed by atoms with Gasteiger partial charge < -0.3 is 14.8 Å². The van der Waals surface area contributed by atoms with Crippen molar-refractivity contribution in [2.45, 2.75) is 6.92 Å². The molecule has 0 aliphatic rings. The van der Waals surface area contributed by atoms with Crippen molar-refractivity contribution in [3.05, 3.63) is 47.6 Å². The third-order valence-electron chi connectivity index (χ3n) is 2.60. The van der Waals surface area contributed by atoms with Crippen LogP contribution in [0.15, 0.2) is 42.6 Å². The van der Waals surface area contributed by atoms with Gasteiger partial charge >= 0.3 is 0 Å². The van der Waals surface area contributed by atoms with Crippen molar-refractivity contribution in [2.24, 2.45) is 0 Å². The molecule has 21 heavy (non-hydrogen) atoms. The first kappa shape index (κ1) is 15.1. The molecular weight excluding hydrogens is 290 g/mol. The van der Waals surface area contributed by atoms with E-state index in [4.69, 9.17) is 21.1 Å². The largest absolute Gasteiger partial charge is 0.488 e. The molecule has 1 aromatic heterocycles. The highest BCUT2D eigenvalue weighted by atomic mass is 35.5. The number of ether oxygens (including phenoxy) is 2. The van der Waals surface area contributed by atoms with Gasteiger partial charge in [-0.15, -0.1) is 0 Å². The third kappa shape index (κ3) is 4.36. The van der Waals surface area contributed by atoms with Gasteiger partial charge in [0, 0.05) is 24.0 Å². The summed E-state index contributed by atoms with van der Waals surface area (Å²) < 4.78 is 10.6. The van der Waals surface area contributed by atoms with Crippen molar-refractivity contribution in [3.8, 4) is 11.6 Å². The second kappa shape index (κ2) is 7.50. The first-order valence-electron chi connectivity index (χ1n) is 6.40. The van der Waals surface area contributed by atoms with Crippen LogP contribution in [0.25, 0.3) is 0 Å². The third-order valence-corrected chi connectivity index (χ3v) is 2.91. The van der Waals surface area contributed by atoms with Gasteiger partial charge in [0.1, 0.15) is 12.4 Å². The molecule has 2 aromatic rings. The van der Waals surface area contributed by atoms with Crippen LogP contribution in [0, 0.1) is 0 Å². The van der Waals surface area contributed by atoms with Crippen LogP contribution >= 0.6 is 11.6 Å². The molecule has 0 aliphatic carbocycles. The molecule has 6 heteroatoms. The Morgan fingerprint density at radius 2 is 2.19 bits per heavy atom. The van der Waals surface area contributed by atoms with Gasteiger partial charge in [0.2, 0.25) is 11.8 Å². The molecule has 0 fully saturated rings. The number of rotatable bonds is 6. The molecule has 1 N–H and O–H groups in total. The van der Waals surface area contributed by atoms with Crippen LogP contribution in [0.4, 0.5) is 11.6 Å². The topological polar surface area (TPSA) is 56.3 Å². The lowest BCUT2D eigenvalue weighted by molar-refractivity contribution is 0.363. The van der Waals surface area contributed by atoms with Crippen molar-refractivity contribution in [2.75, 3.05) is 19.0 Å². The number of hydrogen-bond acceptors (Lipinski definition) is 5. The Morgan fingerprint density at radius 1 is 1.33 bits per heavy atom. The molecule has 2 rings (SSSR count). The van der Waals surface area contributed by atoms with Gasteiger partial charge in [-0.1, -0.05) is 23.8 Å². The average molecular weight is 306 g/mol. The van der Waals surface area contributed by atoms with Crippen molar-refractivity contribution in [3.63, 3.8) is 0 Å². The zero-order valence-electron chi connectivity index (χ0n) is 11.8.